The van der Waals surface area contributed by atoms with Crippen molar-refractivity contribution in [2.45, 2.75) is 27.2 Å². The Balaban J connectivity index is 0. The number of aliphatic hydroxyl groups is 1. The van der Waals surface area contributed by atoms with Crippen molar-refractivity contribution < 1.29 is 9.90 Å². The smallest absolute Gasteiger partial charge is 0.129 e. The maximum Gasteiger partial charge on any atom is 0.129 e. The molecule has 0 unspecified atom stereocenters. The summed E-state index contributed by atoms with van der Waals surface area (Å²) in [6.45, 7) is 1.65. The van der Waals surface area contributed by atoms with Crippen molar-refractivity contribution in [3.8, 4) is 0 Å². The molecule has 0 aliphatic heterocycles. The van der Waals surface area contributed by atoms with E-state index >= 15 is 0 Å². The quantitative estimate of drug-likeness (QED) is 0.600. The molecule has 1 N–H and O–H groups in total. The van der Waals surface area contributed by atoms with Crippen LogP contribution < -0.4 is 0 Å². The van der Waals surface area contributed by atoms with E-state index in [0.717, 1.165) is 0 Å². The molecule has 0 aromatic carbocycles. The topological polar surface area (TPSA) is 37.3 Å². The number of Topliss-reactive ketones (excluding diaryl/α,β-unsaturated/α-hetero) is 1. The van der Waals surface area contributed by atoms with Crippen LogP contribution in [0.25, 0.3) is 0 Å². The van der Waals surface area contributed by atoms with E-state index in [1.165, 1.54) is 6.92 Å². The third-order valence-electron chi connectivity index (χ3n) is 0.687. The molecule has 0 spiro atoms. The lowest BCUT2D eigenvalue weighted by atomic mass is 10.2. The molecule has 50 valence electrons. The summed E-state index contributed by atoms with van der Waals surface area (Å²) in [4.78, 5) is 10.1. The second kappa shape index (κ2) is 6.63. The Hall–Kier alpha value is -0.370. The van der Waals surface area contributed by atoms with Crippen molar-refractivity contribution in [2.24, 2.45) is 0 Å². The summed E-state index contributed by atoms with van der Waals surface area (Å²) in [6, 6.07) is 0. The van der Waals surface area contributed by atoms with Gasteiger partial charge in [0.05, 0.1) is 0 Å². The number of hydrogen-bond donors (Lipinski definition) is 1. The third-order valence-corrected chi connectivity index (χ3v) is 0.687. The van der Waals surface area contributed by atoms with E-state index in [2.05, 4.69) is 0 Å². The van der Waals surface area contributed by atoms with Gasteiger partial charge in [0.2, 0.25) is 0 Å². The Morgan fingerprint density at radius 1 is 1.62 bits per heavy atom. The zero-order valence-corrected chi connectivity index (χ0v) is 4.48. The highest BCUT2D eigenvalue weighted by Gasteiger charge is 1.88. The summed E-state index contributed by atoms with van der Waals surface area (Å²) in [5.74, 6) is 0.147. The normalized spacial score (nSPS) is 7.75. The monoisotopic (exact) mass is 118 g/mol. The summed E-state index contributed by atoms with van der Waals surface area (Å²) >= 11 is 0. The first-order valence-electron chi connectivity index (χ1n) is 2.37. The van der Waals surface area contributed by atoms with Crippen molar-refractivity contribution in [3.63, 3.8) is 0 Å². The van der Waals surface area contributed by atoms with Crippen LogP contribution in [0.15, 0.2) is 0 Å². The Kier molecular flexibility index (Phi) is 8.77. The van der Waals surface area contributed by atoms with Crippen molar-refractivity contribution in [1.29, 1.82) is 0 Å². The fourth-order valence-corrected chi connectivity index (χ4v) is 0.328. The average Bonchev–Trinajstić information content (AvgIpc) is 1.61. The van der Waals surface area contributed by atoms with Crippen LogP contribution in [0.5, 0.6) is 0 Å². The number of ketones is 1. The van der Waals surface area contributed by atoms with E-state index < -0.39 is 0 Å². The van der Waals surface area contributed by atoms with Crippen molar-refractivity contribution in [1.82, 2.24) is 0 Å². The maximum atomic E-state index is 10.1. The van der Waals surface area contributed by atoms with Gasteiger partial charge in [0.25, 0.3) is 0 Å². The number of rotatable bonds is 3. The van der Waals surface area contributed by atoms with Gasteiger partial charge in [0.15, 0.2) is 0 Å². The average molecular weight is 118 g/mol. The van der Waals surface area contributed by atoms with Gasteiger partial charge >= 0.3 is 0 Å². The molecular formula is C6H14O2. The summed E-state index contributed by atoms with van der Waals surface area (Å²) < 4.78 is 0. The predicted octanol–water partition coefficient (Wildman–Crippen LogP) is 0.984. The molecule has 2 nitrogen and oxygen atoms in total. The van der Waals surface area contributed by atoms with Gasteiger partial charge in [0, 0.05) is 13.0 Å². The van der Waals surface area contributed by atoms with Crippen LogP contribution in [0.2, 0.25) is 0 Å². The molecule has 0 heterocycles. The molecule has 8 heavy (non-hydrogen) atoms. The van der Waals surface area contributed by atoms with E-state index in [9.17, 15) is 4.79 Å². The van der Waals surface area contributed by atoms with E-state index in [4.69, 9.17) is 5.11 Å². The van der Waals surface area contributed by atoms with Gasteiger partial charge in [-0.25, -0.2) is 0 Å². The minimum Gasteiger partial charge on any atom is -0.396 e. The highest BCUT2D eigenvalue weighted by molar-refractivity contribution is 5.75. The van der Waals surface area contributed by atoms with Crippen LogP contribution in [0.3, 0.4) is 0 Å². The highest BCUT2D eigenvalue weighted by atomic mass is 16.3. The zero-order chi connectivity index (χ0) is 5.70. The van der Waals surface area contributed by atoms with E-state index in [-0.39, 0.29) is 19.8 Å². The Bertz CT molecular complexity index is 59.5. The molecule has 0 aromatic rings. The van der Waals surface area contributed by atoms with Gasteiger partial charge < -0.3 is 9.90 Å². The SMILES string of the molecule is C.CC(=O)CCCO. The van der Waals surface area contributed by atoms with Crippen LogP contribution in [0.1, 0.15) is 27.2 Å². The minimum absolute atomic E-state index is 0. The Labute approximate surface area is 50.5 Å². The largest absolute Gasteiger partial charge is 0.396 e. The summed E-state index contributed by atoms with van der Waals surface area (Å²) in [6.07, 6.45) is 1.12. The molecule has 0 fully saturated rings. The molecule has 0 bridgehead atoms. The molecular weight excluding hydrogens is 104 g/mol. The van der Waals surface area contributed by atoms with Crippen molar-refractivity contribution in [3.05, 3.63) is 0 Å². The van der Waals surface area contributed by atoms with E-state index in [0.29, 0.717) is 12.8 Å². The summed E-state index contributed by atoms with van der Waals surface area (Å²) in [5, 5.41) is 8.16. The van der Waals surface area contributed by atoms with Gasteiger partial charge in [-0.1, -0.05) is 7.43 Å². The molecule has 0 rings (SSSR count). The first-order chi connectivity index (χ1) is 3.27. The van der Waals surface area contributed by atoms with Crippen LogP contribution in [-0.2, 0) is 4.79 Å². The van der Waals surface area contributed by atoms with Crippen LogP contribution in [-0.4, -0.2) is 17.5 Å². The van der Waals surface area contributed by atoms with Gasteiger partial charge in [-0.2, -0.15) is 0 Å². The van der Waals surface area contributed by atoms with Crippen LogP contribution >= 0.6 is 0 Å². The van der Waals surface area contributed by atoms with Gasteiger partial charge in [-0.3, -0.25) is 0 Å². The standard InChI is InChI=1S/C5H10O2.CH4/c1-5(7)3-2-4-6;/h6H,2-4H2,1H3;1H4. The number of carbonyl (C=O) groups is 1. The fraction of sp³-hybridized carbons (Fsp3) is 0.833. The zero-order valence-electron chi connectivity index (χ0n) is 4.48. The van der Waals surface area contributed by atoms with E-state index in [1.807, 2.05) is 0 Å². The predicted molar refractivity (Wildman–Crippen MR) is 33.7 cm³/mol. The molecule has 2 heteroatoms. The first kappa shape index (κ1) is 10.6. The van der Waals surface area contributed by atoms with Gasteiger partial charge in [0.1, 0.15) is 5.78 Å². The molecule has 0 aliphatic rings. The lowest BCUT2D eigenvalue weighted by Gasteiger charge is -1.86. The van der Waals surface area contributed by atoms with Gasteiger partial charge in [-0.15, -0.1) is 0 Å². The van der Waals surface area contributed by atoms with Gasteiger partial charge in [-0.05, 0) is 13.3 Å². The molecule has 0 saturated carbocycles. The number of hydrogen-bond acceptors (Lipinski definition) is 2. The van der Waals surface area contributed by atoms with Crippen LogP contribution in [0, 0.1) is 0 Å². The second-order valence-electron chi connectivity index (χ2n) is 1.53. The van der Waals surface area contributed by atoms with Crippen molar-refractivity contribution in [2.75, 3.05) is 6.61 Å². The number of carbonyl (C=O) groups excluding carboxylic acids is 1. The summed E-state index contributed by atoms with van der Waals surface area (Å²) in [7, 11) is 0. The Morgan fingerprint density at radius 3 is 2.25 bits per heavy atom. The lowest BCUT2D eigenvalue weighted by molar-refractivity contribution is -0.117. The first-order valence-corrected chi connectivity index (χ1v) is 2.37. The Morgan fingerprint density at radius 2 is 2.12 bits per heavy atom. The minimum atomic E-state index is 0. The summed E-state index contributed by atoms with van der Waals surface area (Å²) in [5.41, 5.74) is 0. The molecule has 0 atom stereocenters. The molecule has 0 saturated heterocycles. The molecule has 0 aromatic heterocycles. The second-order valence-corrected chi connectivity index (χ2v) is 1.53. The molecule has 0 aliphatic carbocycles. The third kappa shape index (κ3) is 9.16. The molecule has 0 radical (unpaired) electrons. The maximum absolute atomic E-state index is 10.1. The molecule has 0 amide bonds. The van der Waals surface area contributed by atoms with Crippen LogP contribution in [0.4, 0.5) is 0 Å². The van der Waals surface area contributed by atoms with E-state index in [1.54, 1.807) is 0 Å². The fourth-order valence-electron chi connectivity index (χ4n) is 0.328. The lowest BCUT2D eigenvalue weighted by Crippen LogP contribution is -1.91. The van der Waals surface area contributed by atoms with Crippen molar-refractivity contribution >= 4 is 5.78 Å². The highest BCUT2D eigenvalue weighted by Crippen LogP contribution is 1.85. The number of aliphatic hydroxyl groups excluding tert-OH is 1.